The molecule has 2 aliphatic heterocycles. The normalized spacial score (nSPS) is 37.9. The van der Waals surface area contributed by atoms with Gasteiger partial charge in [-0.2, -0.15) is 0 Å². The third-order valence-corrected chi connectivity index (χ3v) is 5.47. The van der Waals surface area contributed by atoms with Crippen molar-refractivity contribution in [2.24, 2.45) is 17.3 Å². The van der Waals surface area contributed by atoms with Gasteiger partial charge in [0.15, 0.2) is 6.29 Å². The zero-order valence-corrected chi connectivity index (χ0v) is 14.3. The maximum absolute atomic E-state index is 6.07. The first-order chi connectivity index (χ1) is 10.3. The first-order valence-corrected chi connectivity index (χ1v) is 9.20. The van der Waals surface area contributed by atoms with E-state index in [1.165, 1.54) is 51.6 Å². The highest BCUT2D eigenvalue weighted by molar-refractivity contribution is 4.87. The molecule has 0 aromatic heterocycles. The monoisotopic (exact) mass is 297 g/mol. The van der Waals surface area contributed by atoms with Crippen LogP contribution in [0.15, 0.2) is 0 Å². The smallest absolute Gasteiger partial charge is 0.157 e. The Morgan fingerprint density at radius 1 is 0.952 bits per heavy atom. The first kappa shape index (κ1) is 17.2. The van der Waals surface area contributed by atoms with Crippen molar-refractivity contribution < 1.29 is 9.47 Å². The summed E-state index contributed by atoms with van der Waals surface area (Å²) in [5.74, 6) is 1.70. The van der Waals surface area contributed by atoms with Crippen molar-refractivity contribution in [1.82, 2.24) is 5.32 Å². The fourth-order valence-electron chi connectivity index (χ4n) is 3.82. The summed E-state index contributed by atoms with van der Waals surface area (Å²) in [6.45, 7) is 10.6. The lowest BCUT2D eigenvalue weighted by Crippen LogP contribution is -2.44. The Kier molecular flexibility index (Phi) is 6.97. The minimum atomic E-state index is 0.0769. The summed E-state index contributed by atoms with van der Waals surface area (Å²) in [4.78, 5) is 0. The molecule has 0 aromatic carbocycles. The second-order valence-electron chi connectivity index (χ2n) is 7.16. The van der Waals surface area contributed by atoms with Gasteiger partial charge in [-0.15, -0.1) is 0 Å². The van der Waals surface area contributed by atoms with Gasteiger partial charge in [-0.25, -0.2) is 0 Å². The highest BCUT2D eigenvalue weighted by atomic mass is 16.7. The largest absolute Gasteiger partial charge is 0.352 e. The summed E-state index contributed by atoms with van der Waals surface area (Å²) in [5, 5.41) is 3.42. The Morgan fingerprint density at radius 2 is 1.52 bits per heavy atom. The van der Waals surface area contributed by atoms with Crippen LogP contribution >= 0.6 is 0 Å². The lowest BCUT2D eigenvalue weighted by atomic mass is 9.71. The van der Waals surface area contributed by atoms with E-state index in [1.807, 2.05) is 13.8 Å². The highest BCUT2D eigenvalue weighted by Crippen LogP contribution is 2.42. The molecule has 0 aromatic rings. The third-order valence-electron chi connectivity index (χ3n) is 5.47. The predicted octanol–water partition coefficient (Wildman–Crippen LogP) is 3.97. The van der Waals surface area contributed by atoms with E-state index < -0.39 is 0 Å². The maximum Gasteiger partial charge on any atom is 0.157 e. The van der Waals surface area contributed by atoms with Gasteiger partial charge >= 0.3 is 0 Å². The lowest BCUT2D eigenvalue weighted by Gasteiger charge is -2.44. The summed E-state index contributed by atoms with van der Waals surface area (Å²) >= 11 is 0. The molecule has 3 heteroatoms. The lowest BCUT2D eigenvalue weighted by molar-refractivity contribution is -0.243. The molecule has 1 aliphatic carbocycles. The number of ether oxygens (including phenoxy) is 2. The van der Waals surface area contributed by atoms with Gasteiger partial charge in [0.05, 0.1) is 13.2 Å². The molecule has 3 aliphatic rings. The zero-order chi connectivity index (χ0) is 15.1. The van der Waals surface area contributed by atoms with E-state index in [2.05, 4.69) is 12.2 Å². The van der Waals surface area contributed by atoms with Crippen LogP contribution in [-0.2, 0) is 9.47 Å². The van der Waals surface area contributed by atoms with Crippen molar-refractivity contribution in [3.63, 3.8) is 0 Å². The molecule has 1 N–H and O–H groups in total. The van der Waals surface area contributed by atoms with Gasteiger partial charge < -0.3 is 14.8 Å². The van der Waals surface area contributed by atoms with Crippen LogP contribution in [0, 0.1) is 17.3 Å². The zero-order valence-electron chi connectivity index (χ0n) is 14.3. The van der Waals surface area contributed by atoms with E-state index in [0.29, 0.717) is 5.41 Å². The van der Waals surface area contributed by atoms with Crippen LogP contribution in [0.5, 0.6) is 0 Å². The third kappa shape index (κ3) is 4.94. The van der Waals surface area contributed by atoms with Crippen LogP contribution in [0.4, 0.5) is 0 Å². The van der Waals surface area contributed by atoms with Crippen molar-refractivity contribution in [3.8, 4) is 0 Å². The highest BCUT2D eigenvalue weighted by Gasteiger charge is 2.39. The fourth-order valence-corrected chi connectivity index (χ4v) is 3.82. The standard InChI is InChI=1S/C16H29NO2.C2H6/c1-13-2-6-16(7-3-13)11-18-15(19-12-16)10-14-4-8-17-9-5-14;1-2/h13-15,17H,2-12H2,1H3;1-2H3. The van der Waals surface area contributed by atoms with Crippen molar-refractivity contribution in [2.45, 2.75) is 72.0 Å². The first-order valence-electron chi connectivity index (χ1n) is 9.20. The van der Waals surface area contributed by atoms with Crippen LogP contribution in [0.25, 0.3) is 0 Å². The van der Waals surface area contributed by atoms with Crippen LogP contribution in [0.2, 0.25) is 0 Å². The van der Waals surface area contributed by atoms with E-state index in [4.69, 9.17) is 9.47 Å². The molecule has 2 saturated heterocycles. The average Bonchev–Trinajstić information content (AvgIpc) is 2.56. The summed E-state index contributed by atoms with van der Waals surface area (Å²) < 4.78 is 12.1. The topological polar surface area (TPSA) is 30.5 Å². The summed E-state index contributed by atoms with van der Waals surface area (Å²) in [6, 6.07) is 0. The van der Waals surface area contributed by atoms with Gasteiger partial charge in [-0.05, 0) is 50.6 Å². The molecule has 0 radical (unpaired) electrons. The Labute approximate surface area is 131 Å². The molecule has 124 valence electrons. The van der Waals surface area contributed by atoms with Crippen molar-refractivity contribution in [2.75, 3.05) is 26.3 Å². The van der Waals surface area contributed by atoms with Gasteiger partial charge in [0.25, 0.3) is 0 Å². The number of hydrogen-bond acceptors (Lipinski definition) is 3. The molecule has 0 unspecified atom stereocenters. The Balaban J connectivity index is 0.000000774. The van der Waals surface area contributed by atoms with E-state index in [1.54, 1.807) is 0 Å². The number of piperidine rings is 1. The van der Waals surface area contributed by atoms with Gasteiger partial charge in [0.1, 0.15) is 0 Å². The van der Waals surface area contributed by atoms with E-state index >= 15 is 0 Å². The summed E-state index contributed by atoms with van der Waals surface area (Å²) in [7, 11) is 0. The van der Waals surface area contributed by atoms with Crippen LogP contribution < -0.4 is 5.32 Å². The Morgan fingerprint density at radius 3 is 2.10 bits per heavy atom. The fraction of sp³-hybridized carbons (Fsp3) is 1.00. The van der Waals surface area contributed by atoms with Crippen molar-refractivity contribution >= 4 is 0 Å². The van der Waals surface area contributed by atoms with Gasteiger partial charge in [-0.1, -0.05) is 33.6 Å². The molecular formula is C18H35NO2. The maximum atomic E-state index is 6.07. The Hall–Kier alpha value is -0.120. The molecular weight excluding hydrogens is 262 g/mol. The molecule has 3 fully saturated rings. The van der Waals surface area contributed by atoms with Crippen LogP contribution in [0.3, 0.4) is 0 Å². The van der Waals surface area contributed by atoms with Gasteiger partial charge in [0.2, 0.25) is 0 Å². The second kappa shape index (κ2) is 8.50. The number of rotatable bonds is 2. The second-order valence-corrected chi connectivity index (χ2v) is 7.16. The molecule has 2 heterocycles. The molecule has 3 rings (SSSR count). The SMILES string of the molecule is CC.CC1CCC2(CC1)COC(CC1CCNCC1)OC2. The molecule has 3 nitrogen and oxygen atoms in total. The molecule has 1 saturated carbocycles. The van der Waals surface area contributed by atoms with E-state index in [0.717, 1.165) is 31.5 Å². The molecule has 0 bridgehead atoms. The molecule has 0 amide bonds. The predicted molar refractivity (Wildman–Crippen MR) is 87.3 cm³/mol. The van der Waals surface area contributed by atoms with Crippen molar-refractivity contribution in [1.29, 1.82) is 0 Å². The van der Waals surface area contributed by atoms with Crippen molar-refractivity contribution in [3.05, 3.63) is 0 Å². The molecule has 1 spiro atoms. The van der Waals surface area contributed by atoms with Crippen LogP contribution in [0.1, 0.15) is 65.7 Å². The van der Waals surface area contributed by atoms with E-state index in [9.17, 15) is 0 Å². The summed E-state index contributed by atoms with van der Waals surface area (Å²) in [5.41, 5.74) is 0.358. The average molecular weight is 297 g/mol. The number of nitrogens with one attached hydrogen (secondary N) is 1. The minimum absolute atomic E-state index is 0.0769. The molecule has 0 atom stereocenters. The quantitative estimate of drug-likeness (QED) is 0.836. The molecule has 21 heavy (non-hydrogen) atoms. The van der Waals surface area contributed by atoms with Crippen LogP contribution in [-0.4, -0.2) is 32.6 Å². The van der Waals surface area contributed by atoms with E-state index in [-0.39, 0.29) is 6.29 Å². The number of hydrogen-bond donors (Lipinski definition) is 1. The van der Waals surface area contributed by atoms with Gasteiger partial charge in [-0.3, -0.25) is 0 Å². The minimum Gasteiger partial charge on any atom is -0.352 e. The Bertz CT molecular complexity index is 271. The van der Waals surface area contributed by atoms with Gasteiger partial charge in [0, 0.05) is 11.8 Å². The summed E-state index contributed by atoms with van der Waals surface area (Å²) in [6.07, 6.45) is 9.05.